The molecule has 0 bridgehead atoms. The molecule has 0 radical (unpaired) electrons. The Kier molecular flexibility index (Phi) is 7.30. The van der Waals surface area contributed by atoms with Crippen LogP contribution in [0.4, 0.5) is 0 Å². The normalized spacial score (nSPS) is 26.7. The van der Waals surface area contributed by atoms with E-state index in [1.54, 1.807) is 41.5 Å². The molecule has 178 valence electrons. The number of aliphatic hydroxyl groups is 1. The molecule has 0 heterocycles. The van der Waals surface area contributed by atoms with Gasteiger partial charge in [-0.2, -0.15) is 0 Å². The van der Waals surface area contributed by atoms with Crippen molar-refractivity contribution in [2.75, 3.05) is 0 Å². The van der Waals surface area contributed by atoms with Crippen LogP contribution in [0.1, 0.15) is 91.7 Å². The van der Waals surface area contributed by atoms with Gasteiger partial charge in [-0.25, -0.2) is 0 Å². The number of esters is 2. The van der Waals surface area contributed by atoms with Crippen LogP contribution in [0.15, 0.2) is 24.3 Å². The first kappa shape index (κ1) is 26.0. The molecule has 4 atom stereocenters. The van der Waals surface area contributed by atoms with E-state index in [0.29, 0.717) is 11.5 Å². The number of hydrogen-bond acceptors (Lipinski definition) is 6. The number of rotatable bonds is 4. The molecular weight excluding hydrogens is 408 g/mol. The third-order valence-electron chi connectivity index (χ3n) is 5.58. The van der Waals surface area contributed by atoms with Crippen LogP contribution in [-0.4, -0.2) is 39.6 Å². The number of benzene rings is 1. The zero-order chi connectivity index (χ0) is 24.6. The summed E-state index contributed by atoms with van der Waals surface area (Å²) in [6.45, 7) is 16.0. The monoisotopic (exact) mass is 446 g/mol. The molecule has 0 saturated heterocycles. The Morgan fingerprint density at radius 2 is 1.44 bits per heavy atom. The maximum absolute atomic E-state index is 13.3. The minimum Gasteiger partial charge on any atom is -0.460 e. The Morgan fingerprint density at radius 3 is 1.88 bits per heavy atom. The zero-order valence-electron chi connectivity index (χ0n) is 20.8. The van der Waals surface area contributed by atoms with Gasteiger partial charge in [0.1, 0.15) is 17.1 Å². The van der Waals surface area contributed by atoms with Gasteiger partial charge in [0, 0.05) is 12.3 Å². The fourth-order valence-corrected chi connectivity index (χ4v) is 4.25. The molecule has 1 aromatic carbocycles. The average molecular weight is 447 g/mol. The third kappa shape index (κ3) is 6.18. The summed E-state index contributed by atoms with van der Waals surface area (Å²) in [4.78, 5) is 39.6. The number of carbonyl (C=O) groups excluding carboxylic acids is 3. The molecule has 0 amide bonds. The van der Waals surface area contributed by atoms with Crippen LogP contribution in [0.2, 0.25) is 0 Å². The third-order valence-corrected chi connectivity index (χ3v) is 5.58. The topological polar surface area (TPSA) is 89.9 Å². The van der Waals surface area contributed by atoms with E-state index >= 15 is 0 Å². The van der Waals surface area contributed by atoms with Gasteiger partial charge in [-0.3, -0.25) is 14.4 Å². The van der Waals surface area contributed by atoms with Gasteiger partial charge in [0.25, 0.3) is 0 Å². The molecule has 1 N–H and O–H groups in total. The lowest BCUT2D eigenvalue weighted by atomic mass is 9.61. The molecule has 1 aromatic rings. The molecule has 0 aromatic heterocycles. The van der Waals surface area contributed by atoms with Crippen molar-refractivity contribution in [3.63, 3.8) is 0 Å². The fraction of sp³-hybridized carbons (Fsp3) is 0.654. The van der Waals surface area contributed by atoms with Gasteiger partial charge in [-0.05, 0) is 65.5 Å². The summed E-state index contributed by atoms with van der Waals surface area (Å²) in [5.74, 6) is -4.70. The first-order chi connectivity index (χ1) is 14.4. The van der Waals surface area contributed by atoms with E-state index in [-0.39, 0.29) is 6.42 Å². The first-order valence-corrected chi connectivity index (χ1v) is 11.2. The summed E-state index contributed by atoms with van der Waals surface area (Å²) in [6.07, 6.45) is -0.332. The predicted molar refractivity (Wildman–Crippen MR) is 122 cm³/mol. The number of ketones is 1. The average Bonchev–Trinajstić information content (AvgIpc) is 2.56. The van der Waals surface area contributed by atoms with Crippen LogP contribution in [0.5, 0.6) is 0 Å². The smallest absolute Gasteiger partial charge is 0.317 e. The van der Waals surface area contributed by atoms with Gasteiger partial charge in [0.05, 0.1) is 11.5 Å². The first-order valence-electron chi connectivity index (χ1n) is 11.2. The van der Waals surface area contributed by atoms with Crippen molar-refractivity contribution >= 4 is 17.7 Å². The summed E-state index contributed by atoms with van der Waals surface area (Å²) >= 11 is 0. The van der Waals surface area contributed by atoms with E-state index in [0.717, 1.165) is 5.56 Å². The molecule has 6 nitrogen and oxygen atoms in total. The van der Waals surface area contributed by atoms with E-state index in [1.165, 1.54) is 6.92 Å². The van der Waals surface area contributed by atoms with Crippen molar-refractivity contribution in [3.8, 4) is 0 Å². The highest BCUT2D eigenvalue weighted by molar-refractivity contribution is 6.03. The van der Waals surface area contributed by atoms with Gasteiger partial charge in [-0.15, -0.1) is 0 Å². The second-order valence-corrected chi connectivity index (χ2v) is 11.4. The van der Waals surface area contributed by atoms with Crippen molar-refractivity contribution in [1.29, 1.82) is 0 Å². The van der Waals surface area contributed by atoms with E-state index in [1.807, 2.05) is 24.3 Å². The molecule has 1 aliphatic rings. The second kappa shape index (κ2) is 8.97. The highest BCUT2D eigenvalue weighted by Crippen LogP contribution is 2.47. The van der Waals surface area contributed by atoms with Crippen molar-refractivity contribution in [3.05, 3.63) is 35.4 Å². The molecule has 1 fully saturated rings. The summed E-state index contributed by atoms with van der Waals surface area (Å²) in [7, 11) is 0. The quantitative estimate of drug-likeness (QED) is 0.540. The Balaban J connectivity index is 2.64. The molecule has 0 aliphatic heterocycles. The summed E-state index contributed by atoms with van der Waals surface area (Å²) < 4.78 is 11.2. The summed E-state index contributed by atoms with van der Waals surface area (Å²) in [5.41, 5.74) is -1.55. The van der Waals surface area contributed by atoms with Gasteiger partial charge in [0.15, 0.2) is 5.78 Å². The van der Waals surface area contributed by atoms with Gasteiger partial charge < -0.3 is 14.6 Å². The highest BCUT2D eigenvalue weighted by atomic mass is 16.6. The van der Waals surface area contributed by atoms with Crippen molar-refractivity contribution < 1.29 is 29.0 Å². The lowest BCUT2D eigenvalue weighted by molar-refractivity contribution is -0.182. The standard InChI is InChI=1S/C26H38O6/c1-15(2)16-10-12-17(13-11-16)19-20(22(28)31-24(3,4)5)18(27)14-26(9,30)21(19)23(29)32-25(6,7)8/h10-13,15,19-21,30H,14H2,1-9H3/t19-,20+,21+,26-/m1/s1. The lowest BCUT2D eigenvalue weighted by Crippen LogP contribution is -2.56. The van der Waals surface area contributed by atoms with E-state index in [4.69, 9.17) is 9.47 Å². The molecule has 1 saturated carbocycles. The largest absolute Gasteiger partial charge is 0.460 e. The van der Waals surface area contributed by atoms with E-state index in [9.17, 15) is 19.5 Å². The van der Waals surface area contributed by atoms with Crippen LogP contribution < -0.4 is 0 Å². The predicted octanol–water partition coefficient (Wildman–Crippen LogP) is 4.53. The van der Waals surface area contributed by atoms with Crippen LogP contribution in [0, 0.1) is 11.8 Å². The number of hydrogen-bond donors (Lipinski definition) is 1. The second-order valence-electron chi connectivity index (χ2n) is 11.4. The minimum atomic E-state index is -1.67. The fourth-order valence-electron chi connectivity index (χ4n) is 4.25. The Labute approximate surface area is 191 Å². The van der Waals surface area contributed by atoms with E-state index in [2.05, 4.69) is 13.8 Å². The molecule has 0 spiro atoms. The molecule has 1 aliphatic carbocycles. The maximum Gasteiger partial charge on any atom is 0.317 e. The van der Waals surface area contributed by atoms with E-state index < -0.39 is 52.3 Å². The van der Waals surface area contributed by atoms with Crippen molar-refractivity contribution in [2.45, 2.75) is 97.4 Å². The number of ether oxygens (including phenoxy) is 2. The van der Waals surface area contributed by atoms with Crippen LogP contribution in [0.3, 0.4) is 0 Å². The van der Waals surface area contributed by atoms with Crippen LogP contribution >= 0.6 is 0 Å². The highest BCUT2D eigenvalue weighted by Gasteiger charge is 2.57. The maximum atomic E-state index is 13.3. The van der Waals surface area contributed by atoms with Crippen LogP contribution in [0.25, 0.3) is 0 Å². The SMILES string of the molecule is CC(C)c1ccc([C@@H]2[C@@H](C(=O)OC(C)(C)C)C(=O)C[C@@](C)(O)[C@@H]2C(=O)OC(C)(C)C)cc1. The molecular formula is C26H38O6. The van der Waals surface area contributed by atoms with Crippen molar-refractivity contribution in [2.24, 2.45) is 11.8 Å². The Morgan fingerprint density at radius 1 is 0.969 bits per heavy atom. The van der Waals surface area contributed by atoms with Gasteiger partial charge in [0.2, 0.25) is 0 Å². The van der Waals surface area contributed by atoms with Crippen LogP contribution in [-0.2, 0) is 23.9 Å². The zero-order valence-corrected chi connectivity index (χ0v) is 20.8. The van der Waals surface area contributed by atoms with Gasteiger partial charge >= 0.3 is 11.9 Å². The Bertz CT molecular complexity index is 852. The minimum absolute atomic E-state index is 0.295. The van der Waals surface area contributed by atoms with Crippen molar-refractivity contribution in [1.82, 2.24) is 0 Å². The number of carbonyl (C=O) groups is 3. The lowest BCUT2D eigenvalue weighted by Gasteiger charge is -2.44. The molecule has 32 heavy (non-hydrogen) atoms. The number of Topliss-reactive ketones (excluding diaryl/α,β-unsaturated/α-hetero) is 1. The summed E-state index contributed by atoms with van der Waals surface area (Å²) in [6, 6.07) is 7.49. The molecule has 2 rings (SSSR count). The molecule has 6 heteroatoms. The summed E-state index contributed by atoms with van der Waals surface area (Å²) in [5, 5.41) is 11.2. The Hall–Kier alpha value is -2.21. The van der Waals surface area contributed by atoms with Gasteiger partial charge in [-0.1, -0.05) is 38.1 Å². The molecule has 0 unspecified atom stereocenters.